The van der Waals surface area contributed by atoms with Crippen LogP contribution in [0.2, 0.25) is 36.3 Å². The van der Waals surface area contributed by atoms with Crippen molar-refractivity contribution in [1.29, 1.82) is 15.8 Å². The summed E-state index contributed by atoms with van der Waals surface area (Å²) in [5.41, 5.74) is 4.67. The van der Waals surface area contributed by atoms with Crippen molar-refractivity contribution >= 4 is 28.4 Å². The lowest BCUT2D eigenvalue weighted by Crippen LogP contribution is -2.44. The lowest BCUT2D eigenvalue weighted by atomic mass is 9.75. The SMILES string of the molecule is CC1(C)CC(=C/C=C/C2=C(C#N)C(=C(C#N)C#N)OC2(C)C)C=C(/C=C/c2ccc(N(CCO[Si](C)(C)C(C)(C)C)CCO[Si](C)(C)C(C)(C)C)cc2)C1. The predicted octanol–water partition coefficient (Wildman–Crippen LogP) is 11.7. The average Bonchev–Trinajstić information content (AvgIpc) is 3.30. The summed E-state index contributed by atoms with van der Waals surface area (Å²) < 4.78 is 19.1. The molecule has 0 unspecified atom stereocenters. The topological polar surface area (TPSA) is 102 Å². The van der Waals surface area contributed by atoms with Gasteiger partial charge < -0.3 is 18.5 Å². The van der Waals surface area contributed by atoms with Crippen LogP contribution in [0.4, 0.5) is 5.69 Å². The van der Waals surface area contributed by atoms with Crippen molar-refractivity contribution < 1.29 is 13.6 Å². The first-order valence-corrected chi connectivity index (χ1v) is 25.0. The quantitative estimate of drug-likeness (QED) is 0.145. The molecule has 0 bridgehead atoms. The van der Waals surface area contributed by atoms with Gasteiger partial charge in [0.2, 0.25) is 0 Å². The molecule has 0 atom stereocenters. The largest absolute Gasteiger partial charge is 0.480 e. The fraction of sp³-hybridized carbons (Fsp3) is 0.533. The smallest absolute Gasteiger partial charge is 0.192 e. The maximum atomic E-state index is 9.88. The highest BCUT2D eigenvalue weighted by Gasteiger charge is 2.40. The highest BCUT2D eigenvalue weighted by Crippen LogP contribution is 2.42. The number of rotatable bonds is 13. The number of allylic oxidation sites excluding steroid dienone is 8. The van der Waals surface area contributed by atoms with Gasteiger partial charge in [0, 0.05) is 24.4 Å². The van der Waals surface area contributed by atoms with Crippen LogP contribution in [-0.4, -0.2) is 48.5 Å². The van der Waals surface area contributed by atoms with Crippen LogP contribution in [0.25, 0.3) is 6.08 Å². The Bertz CT molecular complexity index is 1790. The highest BCUT2D eigenvalue weighted by molar-refractivity contribution is 6.74. The molecule has 2 aliphatic rings. The lowest BCUT2D eigenvalue weighted by molar-refractivity contribution is 0.0954. The van der Waals surface area contributed by atoms with Gasteiger partial charge in [0.1, 0.15) is 29.4 Å². The molecule has 0 spiro atoms. The van der Waals surface area contributed by atoms with Crippen LogP contribution >= 0.6 is 0 Å². The molecule has 0 fully saturated rings. The Morgan fingerprint density at radius 2 is 1.35 bits per heavy atom. The maximum absolute atomic E-state index is 9.88. The third-order valence-electron chi connectivity index (χ3n) is 11.4. The number of hydrogen-bond donors (Lipinski definition) is 0. The molecule has 7 nitrogen and oxygen atoms in total. The summed E-state index contributed by atoms with van der Waals surface area (Å²) in [4.78, 5) is 2.40. The average molecular weight is 765 g/mol. The first-order chi connectivity index (χ1) is 24.9. The van der Waals surface area contributed by atoms with E-state index in [1.54, 1.807) is 0 Å². The molecule has 9 heteroatoms. The molecule has 54 heavy (non-hydrogen) atoms. The Balaban J connectivity index is 1.82. The summed E-state index contributed by atoms with van der Waals surface area (Å²) >= 11 is 0. The van der Waals surface area contributed by atoms with E-state index in [0.717, 1.165) is 31.5 Å². The Morgan fingerprint density at radius 3 is 1.83 bits per heavy atom. The third kappa shape index (κ3) is 11.5. The van der Waals surface area contributed by atoms with E-state index in [1.807, 2.05) is 38.1 Å². The fourth-order valence-electron chi connectivity index (χ4n) is 6.10. The molecule has 1 aliphatic carbocycles. The van der Waals surface area contributed by atoms with Gasteiger partial charge in [-0.25, -0.2) is 0 Å². The molecule has 0 amide bonds. The van der Waals surface area contributed by atoms with Gasteiger partial charge in [0.25, 0.3) is 0 Å². The zero-order valence-electron chi connectivity index (χ0n) is 35.5. The Kier molecular flexibility index (Phi) is 14.2. The molecule has 1 aromatic rings. The Morgan fingerprint density at radius 1 is 0.815 bits per heavy atom. The zero-order valence-corrected chi connectivity index (χ0v) is 37.5. The Labute approximate surface area is 329 Å². The van der Waals surface area contributed by atoms with Gasteiger partial charge in [0.15, 0.2) is 28.0 Å². The molecular weight excluding hydrogens is 701 g/mol. The number of nitriles is 3. The summed E-state index contributed by atoms with van der Waals surface area (Å²) in [7, 11) is -3.71. The van der Waals surface area contributed by atoms with E-state index in [0.29, 0.717) is 18.8 Å². The van der Waals surface area contributed by atoms with E-state index in [4.69, 9.17) is 13.6 Å². The minimum absolute atomic E-state index is 0.0537. The third-order valence-corrected chi connectivity index (χ3v) is 20.5. The summed E-state index contributed by atoms with van der Waals surface area (Å²) in [6.45, 7) is 34.2. The standard InChI is InChI=1S/C45H64N4O3Si2/c1-42(2,3)53(11,12)50-26-24-49(25-27-51-54(13,14)43(4,5)6)38-22-20-34(21-23-38)18-19-36-28-35(29-44(7,8)30-36)16-15-17-40-39(33-48)41(37(31-46)32-47)52-45(40,9)10/h15-23,28H,24-27,29-30H2,1-14H3/b17-15+,19-18+,35-16?. The molecule has 3 rings (SSSR count). The second kappa shape index (κ2) is 17.3. The van der Waals surface area contributed by atoms with Gasteiger partial charge >= 0.3 is 0 Å². The lowest BCUT2D eigenvalue weighted by Gasteiger charge is -2.38. The summed E-state index contributed by atoms with van der Waals surface area (Å²) in [6.07, 6.45) is 14.4. The predicted molar refractivity (Wildman–Crippen MR) is 228 cm³/mol. The van der Waals surface area contributed by atoms with Crippen molar-refractivity contribution in [3.63, 3.8) is 0 Å². The van der Waals surface area contributed by atoms with Gasteiger partial charge in [-0.2, -0.15) is 15.8 Å². The minimum Gasteiger partial charge on any atom is -0.480 e. The van der Waals surface area contributed by atoms with Crippen LogP contribution in [0.15, 0.2) is 88.3 Å². The van der Waals surface area contributed by atoms with Crippen molar-refractivity contribution in [3.8, 4) is 18.2 Å². The summed E-state index contributed by atoms with van der Waals surface area (Å²) in [5, 5.41) is 29.0. The van der Waals surface area contributed by atoms with E-state index in [1.165, 1.54) is 16.8 Å². The molecule has 0 N–H and O–H groups in total. The van der Waals surface area contributed by atoms with Crippen molar-refractivity contribution in [2.45, 2.75) is 124 Å². The fourth-order valence-corrected chi connectivity index (χ4v) is 8.17. The first kappa shape index (κ1) is 44.5. The van der Waals surface area contributed by atoms with Crippen LogP contribution in [0.5, 0.6) is 0 Å². The van der Waals surface area contributed by atoms with Crippen LogP contribution in [0, 0.1) is 39.4 Å². The number of nitrogens with zero attached hydrogens (tertiary/aromatic N) is 4. The van der Waals surface area contributed by atoms with E-state index in [-0.39, 0.29) is 32.4 Å². The van der Waals surface area contributed by atoms with Gasteiger partial charge in [-0.15, -0.1) is 0 Å². The highest BCUT2D eigenvalue weighted by atomic mass is 28.4. The molecule has 1 heterocycles. The summed E-state index contributed by atoms with van der Waals surface area (Å²) in [6, 6.07) is 14.6. The minimum atomic E-state index is -1.86. The molecule has 1 aromatic carbocycles. The van der Waals surface area contributed by atoms with Gasteiger partial charge in [-0.1, -0.05) is 104 Å². The van der Waals surface area contributed by atoms with Crippen LogP contribution < -0.4 is 4.90 Å². The molecule has 0 radical (unpaired) electrons. The van der Waals surface area contributed by atoms with Crippen LogP contribution in [0.1, 0.15) is 87.6 Å². The second-order valence-electron chi connectivity index (χ2n) is 18.9. The van der Waals surface area contributed by atoms with E-state index < -0.39 is 22.2 Å². The van der Waals surface area contributed by atoms with Gasteiger partial charge in [0.05, 0.1) is 13.2 Å². The normalized spacial score (nSPS) is 18.4. The number of benzene rings is 1. The van der Waals surface area contributed by atoms with E-state index in [2.05, 4.69) is 141 Å². The molecule has 0 aromatic heterocycles. The van der Waals surface area contributed by atoms with Gasteiger partial charge in [-0.05, 0) is 97.2 Å². The number of hydrogen-bond acceptors (Lipinski definition) is 7. The van der Waals surface area contributed by atoms with Crippen molar-refractivity contribution in [1.82, 2.24) is 0 Å². The van der Waals surface area contributed by atoms with Crippen molar-refractivity contribution in [2.75, 3.05) is 31.2 Å². The summed E-state index contributed by atoms with van der Waals surface area (Å²) in [5.74, 6) is 0.0537. The van der Waals surface area contributed by atoms with Gasteiger partial charge in [-0.3, -0.25) is 0 Å². The Hall–Kier alpha value is -3.92. The molecular formula is C45H64N4O3Si2. The molecule has 0 saturated heterocycles. The van der Waals surface area contributed by atoms with Crippen molar-refractivity contribution in [3.05, 3.63) is 93.8 Å². The molecule has 290 valence electrons. The van der Waals surface area contributed by atoms with Crippen LogP contribution in [-0.2, 0) is 13.6 Å². The number of ether oxygens (including phenoxy) is 1. The number of anilines is 1. The maximum Gasteiger partial charge on any atom is 0.192 e. The van der Waals surface area contributed by atoms with Crippen molar-refractivity contribution in [2.24, 2.45) is 5.41 Å². The molecule has 0 saturated carbocycles. The van der Waals surface area contributed by atoms with Crippen LogP contribution in [0.3, 0.4) is 0 Å². The van der Waals surface area contributed by atoms with E-state index >= 15 is 0 Å². The first-order valence-electron chi connectivity index (χ1n) is 19.1. The second-order valence-corrected chi connectivity index (χ2v) is 28.5. The zero-order chi connectivity index (χ0) is 40.8. The molecule has 1 aliphatic heterocycles. The monoisotopic (exact) mass is 764 g/mol. The van der Waals surface area contributed by atoms with E-state index in [9.17, 15) is 15.8 Å².